The maximum absolute atomic E-state index is 14.5. The molecule has 45 heavy (non-hydrogen) atoms. The minimum absolute atomic E-state index is 0.0258. The van der Waals surface area contributed by atoms with Crippen LogP contribution in [-0.4, -0.2) is 41.3 Å². The highest BCUT2D eigenvalue weighted by molar-refractivity contribution is 6.10. The molecule has 2 amide bonds. The maximum Gasteiger partial charge on any atom is 0.416 e. The average Bonchev–Trinajstić information content (AvgIpc) is 3.76. The Bertz CT molecular complexity index is 1810. The summed E-state index contributed by atoms with van der Waals surface area (Å²) in [5.74, 6) is 0.506. The van der Waals surface area contributed by atoms with Crippen molar-refractivity contribution in [1.82, 2.24) is 29.4 Å². The lowest BCUT2D eigenvalue weighted by atomic mass is 9.72. The second-order valence-electron chi connectivity index (χ2n) is 12.2. The van der Waals surface area contributed by atoms with Crippen LogP contribution in [0.5, 0.6) is 0 Å². The molecule has 7 rings (SSSR count). The van der Waals surface area contributed by atoms with E-state index in [2.05, 4.69) is 21.9 Å². The second-order valence-corrected chi connectivity index (χ2v) is 12.2. The number of carbonyl (C=O) groups is 2. The number of halogens is 3. The minimum atomic E-state index is -4.66. The zero-order chi connectivity index (χ0) is 31.6. The van der Waals surface area contributed by atoms with Crippen LogP contribution in [0.2, 0.25) is 0 Å². The van der Waals surface area contributed by atoms with Gasteiger partial charge in [-0.05, 0) is 72.7 Å². The molecule has 1 aliphatic carbocycles. The molecule has 232 valence electrons. The normalized spacial score (nSPS) is 17.7. The molecule has 2 aromatic heterocycles. The molecule has 0 N–H and O–H groups in total. The second kappa shape index (κ2) is 10.7. The van der Waals surface area contributed by atoms with Crippen molar-refractivity contribution >= 4 is 17.5 Å². The molecule has 0 bridgehead atoms. The summed E-state index contributed by atoms with van der Waals surface area (Å²) in [6, 6.07) is 9.64. The van der Waals surface area contributed by atoms with Crippen molar-refractivity contribution in [1.29, 1.82) is 0 Å². The SMILES string of the molecule is C=CC(=O)N1Cc2cn([C@H](C)c3cc4c(c(C(F)(F)F)c3)CN(c3cccc([C@H](c5nncn5C)C5CCC5)c3)C4=O)nc2C1. The fourth-order valence-electron chi connectivity index (χ4n) is 6.81. The molecule has 4 aromatic rings. The Labute approximate surface area is 258 Å². The summed E-state index contributed by atoms with van der Waals surface area (Å²) in [5, 5.41) is 13.0. The van der Waals surface area contributed by atoms with Gasteiger partial charge in [0.25, 0.3) is 5.91 Å². The van der Waals surface area contributed by atoms with Gasteiger partial charge < -0.3 is 14.4 Å². The smallest absolute Gasteiger partial charge is 0.329 e. The van der Waals surface area contributed by atoms with Gasteiger partial charge in [-0.25, -0.2) is 0 Å². The fraction of sp³-hybridized carbons (Fsp3) is 0.364. The van der Waals surface area contributed by atoms with Crippen LogP contribution in [0.3, 0.4) is 0 Å². The summed E-state index contributed by atoms with van der Waals surface area (Å²) < 4.78 is 47.1. The van der Waals surface area contributed by atoms with Crippen LogP contribution >= 0.6 is 0 Å². The van der Waals surface area contributed by atoms with Gasteiger partial charge in [0, 0.05) is 42.5 Å². The van der Waals surface area contributed by atoms with Gasteiger partial charge in [-0.15, -0.1) is 10.2 Å². The Morgan fingerprint density at radius 2 is 1.91 bits per heavy atom. The van der Waals surface area contributed by atoms with E-state index in [0.29, 0.717) is 36.0 Å². The summed E-state index contributed by atoms with van der Waals surface area (Å²) in [7, 11) is 1.90. The van der Waals surface area contributed by atoms with E-state index in [4.69, 9.17) is 0 Å². The molecule has 1 fully saturated rings. The predicted molar refractivity (Wildman–Crippen MR) is 159 cm³/mol. The molecule has 12 heteroatoms. The van der Waals surface area contributed by atoms with Crippen molar-refractivity contribution in [3.63, 3.8) is 0 Å². The number of rotatable bonds is 7. The lowest BCUT2D eigenvalue weighted by Crippen LogP contribution is -2.25. The zero-order valence-corrected chi connectivity index (χ0v) is 25.0. The summed E-state index contributed by atoms with van der Waals surface area (Å²) in [6.45, 7) is 5.76. The number of aryl methyl sites for hydroxylation is 1. The highest BCUT2D eigenvalue weighted by atomic mass is 19.4. The van der Waals surface area contributed by atoms with Crippen molar-refractivity contribution in [3.8, 4) is 0 Å². The number of hydrogen-bond donors (Lipinski definition) is 0. The van der Waals surface area contributed by atoms with Gasteiger partial charge in [0.15, 0.2) is 0 Å². The van der Waals surface area contributed by atoms with E-state index in [1.54, 1.807) is 41.2 Å². The first-order valence-corrected chi connectivity index (χ1v) is 15.0. The van der Waals surface area contributed by atoms with Crippen molar-refractivity contribution in [2.24, 2.45) is 13.0 Å². The number of anilines is 1. The van der Waals surface area contributed by atoms with Crippen LogP contribution in [0.25, 0.3) is 0 Å². The molecule has 2 aromatic carbocycles. The molecular weight excluding hydrogens is 583 g/mol. The molecule has 0 unspecified atom stereocenters. The van der Waals surface area contributed by atoms with Gasteiger partial charge in [0.05, 0.1) is 30.4 Å². The Hall–Kier alpha value is -4.74. The van der Waals surface area contributed by atoms with E-state index in [0.717, 1.165) is 42.3 Å². The molecule has 0 radical (unpaired) electrons. The van der Waals surface area contributed by atoms with E-state index in [9.17, 15) is 22.8 Å². The molecule has 9 nitrogen and oxygen atoms in total. The third-order valence-corrected chi connectivity index (χ3v) is 9.52. The predicted octanol–water partition coefficient (Wildman–Crippen LogP) is 5.76. The number of fused-ring (bicyclic) bond motifs is 2. The molecule has 2 atom stereocenters. The third-order valence-electron chi connectivity index (χ3n) is 9.52. The summed E-state index contributed by atoms with van der Waals surface area (Å²) in [6.07, 6.45) is 3.24. The molecule has 0 saturated heterocycles. The number of benzene rings is 2. The van der Waals surface area contributed by atoms with E-state index < -0.39 is 23.7 Å². The number of aromatic nitrogens is 5. The van der Waals surface area contributed by atoms with Crippen LogP contribution in [0.15, 0.2) is 61.6 Å². The molecule has 1 saturated carbocycles. The largest absolute Gasteiger partial charge is 0.416 e. The quantitative estimate of drug-likeness (QED) is 0.247. The summed E-state index contributed by atoms with van der Waals surface area (Å²) in [5.41, 5.74) is 2.56. The van der Waals surface area contributed by atoms with Gasteiger partial charge >= 0.3 is 6.18 Å². The van der Waals surface area contributed by atoms with Gasteiger partial charge in [-0.3, -0.25) is 14.3 Å². The summed E-state index contributed by atoms with van der Waals surface area (Å²) >= 11 is 0. The van der Waals surface area contributed by atoms with Gasteiger partial charge in [-0.1, -0.05) is 25.1 Å². The Kier molecular flexibility index (Phi) is 6.90. The van der Waals surface area contributed by atoms with Crippen LogP contribution in [0, 0.1) is 5.92 Å². The van der Waals surface area contributed by atoms with Gasteiger partial charge in [0.1, 0.15) is 12.2 Å². The van der Waals surface area contributed by atoms with Crippen LogP contribution in [-0.2, 0) is 37.7 Å². The number of amides is 2. The van der Waals surface area contributed by atoms with Crippen molar-refractivity contribution in [2.45, 2.75) is 64.0 Å². The van der Waals surface area contributed by atoms with E-state index in [-0.39, 0.29) is 29.5 Å². The highest BCUT2D eigenvalue weighted by Gasteiger charge is 2.41. The number of nitrogens with zero attached hydrogens (tertiary/aromatic N) is 7. The van der Waals surface area contributed by atoms with Gasteiger partial charge in [0.2, 0.25) is 5.91 Å². The summed E-state index contributed by atoms with van der Waals surface area (Å²) in [4.78, 5) is 28.9. The Balaban J connectivity index is 1.21. The zero-order valence-electron chi connectivity index (χ0n) is 25.0. The van der Waals surface area contributed by atoms with Crippen LogP contribution in [0.1, 0.15) is 87.8 Å². The highest BCUT2D eigenvalue weighted by Crippen LogP contribution is 2.45. The van der Waals surface area contributed by atoms with Gasteiger partial charge in [-0.2, -0.15) is 18.3 Å². The van der Waals surface area contributed by atoms with Crippen molar-refractivity contribution in [3.05, 3.63) is 106 Å². The fourth-order valence-corrected chi connectivity index (χ4v) is 6.81. The third kappa shape index (κ3) is 4.92. The molecular formula is C33H32F3N7O2. The number of carbonyl (C=O) groups excluding carboxylic acids is 2. The first-order chi connectivity index (χ1) is 21.5. The van der Waals surface area contributed by atoms with E-state index in [1.165, 1.54) is 11.0 Å². The van der Waals surface area contributed by atoms with Crippen molar-refractivity contribution < 1.29 is 22.8 Å². The monoisotopic (exact) mass is 615 g/mol. The van der Waals surface area contributed by atoms with Crippen LogP contribution < -0.4 is 4.90 Å². The topological polar surface area (TPSA) is 89.2 Å². The maximum atomic E-state index is 14.5. The molecule has 3 aliphatic rings. The first kappa shape index (κ1) is 29.0. The number of hydrogen-bond acceptors (Lipinski definition) is 5. The molecule has 2 aliphatic heterocycles. The standard InChI is InChI=1S/C33H32F3N7O2/c1-4-29(44)41-14-23-15-43(39-28(23)17-41)19(2)22-12-25-26(27(13-22)33(34,35)36)16-42(32(25)45)24-10-6-9-21(11-24)30(20-7-5-8-20)31-38-37-18-40(31)3/h4,6,9-13,15,18-20,30H,1,5,7-8,14,16-17H2,2-3H3/t19-,30-/m1/s1. The molecule has 0 spiro atoms. The van der Waals surface area contributed by atoms with E-state index >= 15 is 0 Å². The number of alkyl halides is 3. The van der Waals surface area contributed by atoms with Crippen LogP contribution in [0.4, 0.5) is 18.9 Å². The lowest BCUT2D eigenvalue weighted by molar-refractivity contribution is -0.138. The van der Waals surface area contributed by atoms with E-state index in [1.807, 2.05) is 29.8 Å². The average molecular weight is 616 g/mol. The molecule has 4 heterocycles. The minimum Gasteiger partial charge on any atom is -0.329 e. The lowest BCUT2D eigenvalue weighted by Gasteiger charge is -2.33. The Morgan fingerprint density at radius 1 is 1.11 bits per heavy atom. The first-order valence-electron chi connectivity index (χ1n) is 15.0. The Morgan fingerprint density at radius 3 is 2.56 bits per heavy atom. The van der Waals surface area contributed by atoms with Crippen molar-refractivity contribution in [2.75, 3.05) is 4.90 Å².